The van der Waals surface area contributed by atoms with Crippen LogP contribution >= 0.6 is 0 Å². The number of ether oxygens (including phenoxy) is 1. The van der Waals surface area contributed by atoms with Gasteiger partial charge in [-0.3, -0.25) is 9.59 Å². The Morgan fingerprint density at radius 2 is 1.79 bits per heavy atom. The van der Waals surface area contributed by atoms with Crippen LogP contribution in [0.3, 0.4) is 0 Å². The van der Waals surface area contributed by atoms with Crippen LogP contribution in [0.1, 0.15) is 40.0 Å². The Balaban J connectivity index is 1.59. The van der Waals surface area contributed by atoms with Gasteiger partial charge in [-0.05, 0) is 51.7 Å². The van der Waals surface area contributed by atoms with Gasteiger partial charge < -0.3 is 20.3 Å². The molecular formula is C21H29N3O4. The number of hydrogen-bond donors (Lipinski definition) is 2. The molecule has 2 aliphatic rings. The lowest BCUT2D eigenvalue weighted by atomic mass is 9.78. The highest BCUT2D eigenvalue weighted by molar-refractivity contribution is 6.39. The molecule has 152 valence electrons. The van der Waals surface area contributed by atoms with Crippen LogP contribution in [0.4, 0.5) is 10.5 Å². The van der Waals surface area contributed by atoms with E-state index >= 15 is 0 Å². The number of hydrogen-bond acceptors (Lipinski definition) is 4. The molecule has 3 amide bonds. The lowest BCUT2D eigenvalue weighted by molar-refractivity contribution is -0.142. The van der Waals surface area contributed by atoms with E-state index in [-0.39, 0.29) is 12.0 Å². The Morgan fingerprint density at radius 3 is 2.46 bits per heavy atom. The predicted octanol–water partition coefficient (Wildman–Crippen LogP) is 2.78. The molecule has 1 heterocycles. The van der Waals surface area contributed by atoms with Gasteiger partial charge in [-0.15, -0.1) is 0 Å². The first-order valence-corrected chi connectivity index (χ1v) is 9.88. The third-order valence-electron chi connectivity index (χ3n) is 5.31. The zero-order chi connectivity index (χ0) is 20.3. The monoisotopic (exact) mass is 387 g/mol. The number of anilines is 1. The minimum Gasteiger partial charge on any atom is -0.444 e. The molecule has 0 spiro atoms. The van der Waals surface area contributed by atoms with Crippen molar-refractivity contribution in [2.75, 3.05) is 18.4 Å². The van der Waals surface area contributed by atoms with Crippen molar-refractivity contribution in [1.29, 1.82) is 0 Å². The van der Waals surface area contributed by atoms with Crippen LogP contribution in [0.5, 0.6) is 0 Å². The average Bonchev–Trinajstić information content (AvgIpc) is 3.05. The smallest absolute Gasteiger partial charge is 0.407 e. The summed E-state index contributed by atoms with van der Waals surface area (Å²) < 4.78 is 5.37. The van der Waals surface area contributed by atoms with Gasteiger partial charge in [0.15, 0.2) is 0 Å². The van der Waals surface area contributed by atoms with Crippen molar-refractivity contribution in [3.8, 4) is 0 Å². The summed E-state index contributed by atoms with van der Waals surface area (Å²) in [5.41, 5.74) is 0.0488. The van der Waals surface area contributed by atoms with Gasteiger partial charge in [0, 0.05) is 30.7 Å². The third kappa shape index (κ3) is 5.03. The van der Waals surface area contributed by atoms with Gasteiger partial charge in [-0.25, -0.2) is 4.79 Å². The molecule has 0 radical (unpaired) electrons. The number of nitrogens with zero attached hydrogens (tertiary/aromatic N) is 1. The zero-order valence-electron chi connectivity index (χ0n) is 16.7. The molecular weight excluding hydrogens is 358 g/mol. The number of para-hydroxylation sites is 1. The van der Waals surface area contributed by atoms with Crippen molar-refractivity contribution in [2.45, 2.75) is 51.7 Å². The van der Waals surface area contributed by atoms with E-state index < -0.39 is 23.5 Å². The molecule has 0 aromatic heterocycles. The maximum atomic E-state index is 12.6. The fourth-order valence-corrected chi connectivity index (χ4v) is 4.13. The summed E-state index contributed by atoms with van der Waals surface area (Å²) in [6, 6.07) is 8.91. The van der Waals surface area contributed by atoms with Crippen LogP contribution in [0.15, 0.2) is 30.3 Å². The molecule has 1 saturated carbocycles. The van der Waals surface area contributed by atoms with E-state index in [1.165, 1.54) is 0 Å². The molecule has 7 heteroatoms. The van der Waals surface area contributed by atoms with Crippen molar-refractivity contribution >= 4 is 23.6 Å². The Morgan fingerprint density at radius 1 is 1.07 bits per heavy atom. The summed E-state index contributed by atoms with van der Waals surface area (Å²) >= 11 is 0. The maximum absolute atomic E-state index is 12.6. The summed E-state index contributed by atoms with van der Waals surface area (Å²) in [6.07, 6.45) is 2.42. The van der Waals surface area contributed by atoms with Crippen LogP contribution < -0.4 is 10.6 Å². The van der Waals surface area contributed by atoms with E-state index in [0.29, 0.717) is 24.7 Å². The number of likely N-dealkylation sites (tertiary alicyclic amines) is 1. The summed E-state index contributed by atoms with van der Waals surface area (Å²) in [6.45, 7) is 6.52. The van der Waals surface area contributed by atoms with Crippen LogP contribution in [-0.2, 0) is 14.3 Å². The Kier molecular flexibility index (Phi) is 5.91. The van der Waals surface area contributed by atoms with Crippen molar-refractivity contribution in [1.82, 2.24) is 10.2 Å². The molecule has 0 unspecified atom stereocenters. The highest BCUT2D eigenvalue weighted by Gasteiger charge is 2.43. The molecule has 1 aromatic carbocycles. The number of nitrogens with one attached hydrogen (secondary N) is 2. The fourth-order valence-electron chi connectivity index (χ4n) is 4.13. The largest absolute Gasteiger partial charge is 0.444 e. The first-order valence-electron chi connectivity index (χ1n) is 9.88. The average molecular weight is 387 g/mol. The minimum absolute atomic E-state index is 0.0383. The molecule has 1 aliphatic carbocycles. The highest BCUT2D eigenvalue weighted by Crippen LogP contribution is 2.36. The SMILES string of the molecule is CC(C)(C)OC(=O)N[C@@H]1CCC[C@H]2CN(C(=O)C(=O)Nc3ccccc3)C[C@@H]21. The zero-order valence-corrected chi connectivity index (χ0v) is 16.7. The lowest BCUT2D eigenvalue weighted by Gasteiger charge is -2.33. The Bertz CT molecular complexity index is 729. The Labute approximate surface area is 165 Å². The van der Waals surface area contributed by atoms with Gasteiger partial charge in [0.1, 0.15) is 5.60 Å². The second kappa shape index (κ2) is 8.20. The van der Waals surface area contributed by atoms with Crippen LogP contribution in [0, 0.1) is 11.8 Å². The van der Waals surface area contributed by atoms with Crippen LogP contribution in [-0.4, -0.2) is 47.5 Å². The minimum atomic E-state index is -0.624. The molecule has 3 atom stereocenters. The molecule has 7 nitrogen and oxygen atoms in total. The van der Waals surface area contributed by atoms with Gasteiger partial charge in [0.2, 0.25) is 0 Å². The topological polar surface area (TPSA) is 87.7 Å². The highest BCUT2D eigenvalue weighted by atomic mass is 16.6. The molecule has 3 rings (SSSR count). The number of amides is 3. The van der Waals surface area contributed by atoms with Gasteiger partial charge >= 0.3 is 17.9 Å². The fraction of sp³-hybridized carbons (Fsp3) is 0.571. The van der Waals surface area contributed by atoms with E-state index in [1.54, 1.807) is 29.2 Å². The van der Waals surface area contributed by atoms with E-state index in [9.17, 15) is 14.4 Å². The molecule has 1 aliphatic heterocycles. The second-order valence-electron chi connectivity index (χ2n) is 8.64. The Hall–Kier alpha value is -2.57. The predicted molar refractivity (Wildman–Crippen MR) is 106 cm³/mol. The van der Waals surface area contributed by atoms with Crippen molar-refractivity contribution in [2.24, 2.45) is 11.8 Å². The molecule has 0 bridgehead atoms. The quantitative estimate of drug-likeness (QED) is 0.764. The number of fused-ring (bicyclic) bond motifs is 1. The number of alkyl carbamates (subject to hydrolysis) is 1. The van der Waals surface area contributed by atoms with Crippen molar-refractivity contribution in [3.05, 3.63) is 30.3 Å². The van der Waals surface area contributed by atoms with Crippen LogP contribution in [0.25, 0.3) is 0 Å². The van der Waals surface area contributed by atoms with E-state index in [1.807, 2.05) is 26.8 Å². The summed E-state index contributed by atoms with van der Waals surface area (Å²) in [4.78, 5) is 38.7. The molecule has 1 saturated heterocycles. The van der Waals surface area contributed by atoms with Gasteiger partial charge in [-0.1, -0.05) is 24.6 Å². The summed E-state index contributed by atoms with van der Waals surface area (Å²) in [5.74, 6) is -0.701. The maximum Gasteiger partial charge on any atom is 0.407 e. The normalized spacial score (nSPS) is 24.2. The number of carbonyl (C=O) groups excluding carboxylic acids is 3. The van der Waals surface area contributed by atoms with Crippen molar-refractivity contribution in [3.63, 3.8) is 0 Å². The van der Waals surface area contributed by atoms with E-state index in [0.717, 1.165) is 19.3 Å². The number of benzene rings is 1. The second-order valence-corrected chi connectivity index (χ2v) is 8.64. The lowest BCUT2D eigenvalue weighted by Crippen LogP contribution is -2.47. The first kappa shape index (κ1) is 20.2. The van der Waals surface area contributed by atoms with Gasteiger partial charge in [-0.2, -0.15) is 0 Å². The van der Waals surface area contributed by atoms with Crippen molar-refractivity contribution < 1.29 is 19.1 Å². The van der Waals surface area contributed by atoms with Gasteiger partial charge in [0.05, 0.1) is 0 Å². The number of carbonyl (C=O) groups is 3. The standard InChI is InChI=1S/C21H29N3O4/c1-21(2,3)28-20(27)23-17-11-7-8-14-12-24(13-16(14)17)19(26)18(25)22-15-9-5-4-6-10-15/h4-6,9-10,14,16-17H,7-8,11-13H2,1-3H3,(H,22,25)(H,23,27)/t14-,16-,17+/m0/s1. The number of rotatable bonds is 2. The third-order valence-corrected chi connectivity index (χ3v) is 5.31. The van der Waals surface area contributed by atoms with E-state index in [4.69, 9.17) is 4.74 Å². The van der Waals surface area contributed by atoms with Gasteiger partial charge in [0.25, 0.3) is 0 Å². The summed E-state index contributed by atoms with van der Waals surface area (Å²) in [7, 11) is 0. The molecule has 2 N–H and O–H groups in total. The van der Waals surface area contributed by atoms with Crippen LogP contribution in [0.2, 0.25) is 0 Å². The molecule has 28 heavy (non-hydrogen) atoms. The van der Waals surface area contributed by atoms with E-state index in [2.05, 4.69) is 10.6 Å². The summed E-state index contributed by atoms with van der Waals surface area (Å²) in [5, 5.41) is 5.62. The first-order chi connectivity index (χ1) is 13.2. The molecule has 2 fully saturated rings. The molecule has 1 aromatic rings.